The van der Waals surface area contributed by atoms with Crippen molar-refractivity contribution in [2.24, 2.45) is 0 Å². The molecule has 2 rings (SSSR count). The smallest absolute Gasteiger partial charge is 0.0791 e. The molecule has 1 atom stereocenters. The van der Waals surface area contributed by atoms with Gasteiger partial charge < -0.3 is 15.2 Å². The molecule has 0 radical (unpaired) electrons. The summed E-state index contributed by atoms with van der Waals surface area (Å²) in [5, 5.41) is 13.3. The topological polar surface area (TPSA) is 44.7 Å². The minimum absolute atomic E-state index is 0.328. The molecule has 1 aliphatic rings. The molecule has 0 bridgehead atoms. The van der Waals surface area contributed by atoms with Crippen LogP contribution in [0.15, 0.2) is 28.7 Å². The fraction of sp³-hybridized carbons (Fsp3) is 0.571. The first-order valence-electron chi connectivity index (χ1n) is 6.67. The average Bonchev–Trinajstić information content (AvgIpc) is 2.40. The summed E-state index contributed by atoms with van der Waals surface area (Å²) in [5.41, 5.74) is 1.22. The number of rotatable bonds is 6. The molecule has 1 fully saturated rings. The highest BCUT2D eigenvalue weighted by Gasteiger charge is 2.14. The van der Waals surface area contributed by atoms with Crippen LogP contribution in [0, 0.1) is 0 Å². The third kappa shape index (κ3) is 5.58. The molecule has 0 amide bonds. The van der Waals surface area contributed by atoms with Crippen LogP contribution < -0.4 is 5.32 Å². The second-order valence-corrected chi connectivity index (χ2v) is 5.74. The fourth-order valence-electron chi connectivity index (χ4n) is 2.18. The standard InChI is InChI=1S/C14H21BrN2O2/c15-13-3-1-2-12(8-13)9-16-10-14(18)11-17-4-6-19-7-5-17/h1-3,8,14,16,18H,4-7,9-11H2. The quantitative estimate of drug-likeness (QED) is 0.824. The van der Waals surface area contributed by atoms with Crippen molar-refractivity contribution in [1.82, 2.24) is 10.2 Å². The van der Waals surface area contributed by atoms with E-state index in [1.165, 1.54) is 5.56 Å². The van der Waals surface area contributed by atoms with Gasteiger partial charge in [-0.1, -0.05) is 28.1 Å². The first-order chi connectivity index (χ1) is 9.24. The Kier molecular flexibility index (Phi) is 6.26. The van der Waals surface area contributed by atoms with Crippen molar-refractivity contribution in [2.45, 2.75) is 12.6 Å². The number of morpholine rings is 1. The summed E-state index contributed by atoms with van der Waals surface area (Å²) in [7, 11) is 0. The van der Waals surface area contributed by atoms with E-state index in [0.29, 0.717) is 6.54 Å². The first-order valence-corrected chi connectivity index (χ1v) is 7.46. The van der Waals surface area contributed by atoms with Gasteiger partial charge in [-0.25, -0.2) is 0 Å². The van der Waals surface area contributed by atoms with E-state index in [9.17, 15) is 5.11 Å². The largest absolute Gasteiger partial charge is 0.390 e. The number of aliphatic hydroxyl groups is 1. The Morgan fingerprint density at radius 2 is 2.16 bits per heavy atom. The summed E-state index contributed by atoms with van der Waals surface area (Å²) in [5.74, 6) is 0. The molecule has 1 aromatic carbocycles. The Labute approximate surface area is 122 Å². The van der Waals surface area contributed by atoms with Gasteiger partial charge in [0, 0.05) is 37.2 Å². The van der Waals surface area contributed by atoms with Crippen LogP contribution >= 0.6 is 15.9 Å². The van der Waals surface area contributed by atoms with Gasteiger partial charge in [-0.05, 0) is 17.7 Å². The van der Waals surface area contributed by atoms with Crippen LogP contribution in [0.3, 0.4) is 0 Å². The van der Waals surface area contributed by atoms with Crippen LogP contribution in [0.25, 0.3) is 0 Å². The molecule has 0 aliphatic carbocycles. The monoisotopic (exact) mass is 328 g/mol. The van der Waals surface area contributed by atoms with E-state index in [2.05, 4.69) is 38.3 Å². The van der Waals surface area contributed by atoms with E-state index in [1.54, 1.807) is 0 Å². The van der Waals surface area contributed by atoms with Crippen LogP contribution in [0.2, 0.25) is 0 Å². The molecule has 1 aliphatic heterocycles. The van der Waals surface area contributed by atoms with Gasteiger partial charge in [0.2, 0.25) is 0 Å². The highest BCUT2D eigenvalue weighted by Crippen LogP contribution is 2.11. The van der Waals surface area contributed by atoms with Crippen LogP contribution in [0.4, 0.5) is 0 Å². The SMILES string of the molecule is OC(CNCc1cccc(Br)c1)CN1CCOCC1. The lowest BCUT2D eigenvalue weighted by molar-refractivity contribution is 0.0149. The third-order valence-electron chi connectivity index (χ3n) is 3.17. The lowest BCUT2D eigenvalue weighted by Crippen LogP contribution is -2.43. The van der Waals surface area contributed by atoms with Crippen molar-refractivity contribution in [1.29, 1.82) is 0 Å². The van der Waals surface area contributed by atoms with E-state index in [0.717, 1.165) is 43.9 Å². The molecule has 0 spiro atoms. The zero-order chi connectivity index (χ0) is 13.5. The number of benzene rings is 1. The molecular weight excluding hydrogens is 308 g/mol. The van der Waals surface area contributed by atoms with Gasteiger partial charge in [0.05, 0.1) is 19.3 Å². The van der Waals surface area contributed by atoms with Crippen molar-refractivity contribution in [2.75, 3.05) is 39.4 Å². The lowest BCUT2D eigenvalue weighted by atomic mass is 10.2. The number of β-amino-alcohol motifs (C(OH)–C–C–N with tert-alkyl or cyclic N) is 1. The van der Waals surface area contributed by atoms with Gasteiger partial charge in [0.25, 0.3) is 0 Å². The molecule has 2 N–H and O–H groups in total. The highest BCUT2D eigenvalue weighted by atomic mass is 79.9. The summed E-state index contributed by atoms with van der Waals surface area (Å²) >= 11 is 3.45. The predicted octanol–water partition coefficient (Wildman–Crippen LogP) is 1.23. The zero-order valence-electron chi connectivity index (χ0n) is 11.0. The summed E-state index contributed by atoms with van der Waals surface area (Å²) in [6.45, 7) is 5.50. The first kappa shape index (κ1) is 14.9. The number of nitrogens with zero attached hydrogens (tertiary/aromatic N) is 1. The molecule has 1 saturated heterocycles. The number of hydrogen-bond acceptors (Lipinski definition) is 4. The van der Waals surface area contributed by atoms with Crippen molar-refractivity contribution in [3.8, 4) is 0 Å². The van der Waals surface area contributed by atoms with Crippen molar-refractivity contribution >= 4 is 15.9 Å². The van der Waals surface area contributed by atoms with E-state index >= 15 is 0 Å². The molecule has 1 aromatic rings. The molecule has 4 nitrogen and oxygen atoms in total. The van der Waals surface area contributed by atoms with E-state index in [4.69, 9.17) is 4.74 Å². The van der Waals surface area contributed by atoms with Crippen LogP contribution in [-0.4, -0.2) is 55.5 Å². The maximum absolute atomic E-state index is 9.98. The Morgan fingerprint density at radius 1 is 1.37 bits per heavy atom. The van der Waals surface area contributed by atoms with Gasteiger partial charge >= 0.3 is 0 Å². The van der Waals surface area contributed by atoms with Gasteiger partial charge in [-0.3, -0.25) is 4.90 Å². The van der Waals surface area contributed by atoms with Crippen LogP contribution in [-0.2, 0) is 11.3 Å². The number of aliphatic hydroxyl groups excluding tert-OH is 1. The molecule has 19 heavy (non-hydrogen) atoms. The maximum atomic E-state index is 9.98. The molecular formula is C14H21BrN2O2. The zero-order valence-corrected chi connectivity index (χ0v) is 12.6. The second-order valence-electron chi connectivity index (χ2n) is 4.83. The summed E-state index contributed by atoms with van der Waals surface area (Å²) in [4.78, 5) is 2.24. The van der Waals surface area contributed by atoms with Crippen molar-refractivity contribution in [3.05, 3.63) is 34.3 Å². The van der Waals surface area contributed by atoms with Crippen molar-refractivity contribution in [3.63, 3.8) is 0 Å². The number of halogens is 1. The number of ether oxygens (including phenoxy) is 1. The molecule has 1 heterocycles. The fourth-order valence-corrected chi connectivity index (χ4v) is 2.62. The maximum Gasteiger partial charge on any atom is 0.0791 e. The van der Waals surface area contributed by atoms with Crippen LogP contribution in [0.5, 0.6) is 0 Å². The normalized spacial score (nSPS) is 18.4. The Balaban J connectivity index is 1.64. The van der Waals surface area contributed by atoms with Gasteiger partial charge in [-0.15, -0.1) is 0 Å². The van der Waals surface area contributed by atoms with E-state index < -0.39 is 0 Å². The molecule has 1 unspecified atom stereocenters. The minimum Gasteiger partial charge on any atom is -0.390 e. The van der Waals surface area contributed by atoms with Crippen molar-refractivity contribution < 1.29 is 9.84 Å². The third-order valence-corrected chi connectivity index (χ3v) is 3.66. The average molecular weight is 329 g/mol. The summed E-state index contributed by atoms with van der Waals surface area (Å²) in [6.07, 6.45) is -0.328. The van der Waals surface area contributed by atoms with Gasteiger partial charge in [-0.2, -0.15) is 0 Å². The van der Waals surface area contributed by atoms with E-state index in [1.807, 2.05) is 12.1 Å². The molecule has 0 saturated carbocycles. The summed E-state index contributed by atoms with van der Waals surface area (Å²) in [6, 6.07) is 8.19. The van der Waals surface area contributed by atoms with Gasteiger partial charge in [0.1, 0.15) is 0 Å². The highest BCUT2D eigenvalue weighted by molar-refractivity contribution is 9.10. The second kappa shape index (κ2) is 7.97. The summed E-state index contributed by atoms with van der Waals surface area (Å²) < 4.78 is 6.37. The minimum atomic E-state index is -0.328. The lowest BCUT2D eigenvalue weighted by Gasteiger charge is -2.28. The molecule has 106 valence electrons. The molecule has 5 heteroatoms. The van der Waals surface area contributed by atoms with E-state index in [-0.39, 0.29) is 6.10 Å². The number of hydrogen-bond donors (Lipinski definition) is 2. The number of nitrogens with one attached hydrogen (secondary N) is 1. The Hall–Kier alpha value is -0.460. The molecule has 0 aromatic heterocycles. The Morgan fingerprint density at radius 3 is 2.89 bits per heavy atom. The van der Waals surface area contributed by atoms with Crippen LogP contribution in [0.1, 0.15) is 5.56 Å². The van der Waals surface area contributed by atoms with Gasteiger partial charge in [0.15, 0.2) is 0 Å². The predicted molar refractivity (Wildman–Crippen MR) is 79.1 cm³/mol. The Bertz CT molecular complexity index is 383.